The Morgan fingerprint density at radius 3 is 2.79 bits per heavy atom. The maximum atomic E-state index is 13.7. The number of rotatable bonds is 3. The van der Waals surface area contributed by atoms with E-state index < -0.39 is 5.95 Å². The predicted molar refractivity (Wildman–Crippen MR) is 92.5 cm³/mol. The molecule has 0 fully saturated rings. The van der Waals surface area contributed by atoms with Crippen molar-refractivity contribution in [3.05, 3.63) is 72.1 Å². The summed E-state index contributed by atoms with van der Waals surface area (Å²) in [6.07, 6.45) is 4.81. The van der Waals surface area contributed by atoms with E-state index >= 15 is 0 Å². The minimum atomic E-state index is -0.607. The largest absolute Gasteiger partial charge is 0.497 e. The predicted octanol–water partition coefficient (Wildman–Crippen LogP) is 4.05. The fourth-order valence-corrected chi connectivity index (χ4v) is 1.73. The maximum Gasteiger partial charge on any atom is 0.230 e. The first-order valence-electron chi connectivity index (χ1n) is 7.21. The average Bonchev–Trinajstić information content (AvgIpc) is 2.71. The average molecular weight is 324 g/mol. The lowest BCUT2D eigenvalue weighted by molar-refractivity contribution is 0.415. The monoisotopic (exact) mass is 324 g/mol. The third kappa shape index (κ3) is 5.18. The van der Waals surface area contributed by atoms with Gasteiger partial charge in [-0.1, -0.05) is 17.9 Å². The molecule has 0 spiro atoms. The molecular weight excluding hydrogens is 307 g/mol. The van der Waals surface area contributed by atoms with E-state index in [-0.39, 0.29) is 5.56 Å². The molecule has 0 saturated heterocycles. The van der Waals surface area contributed by atoms with E-state index in [2.05, 4.69) is 22.1 Å². The number of nitrogens with zero attached hydrogens (tertiary/aromatic N) is 1. The van der Waals surface area contributed by atoms with Crippen molar-refractivity contribution in [2.75, 3.05) is 19.5 Å². The summed E-state index contributed by atoms with van der Waals surface area (Å²) in [7, 11) is 3.27. The van der Waals surface area contributed by atoms with Crippen molar-refractivity contribution in [2.24, 2.45) is 0 Å². The van der Waals surface area contributed by atoms with E-state index in [1.54, 1.807) is 62.7 Å². The first-order valence-corrected chi connectivity index (χ1v) is 7.21. The second-order valence-corrected chi connectivity index (χ2v) is 4.54. The summed E-state index contributed by atoms with van der Waals surface area (Å²) in [4.78, 5) is 3.73. The Morgan fingerprint density at radius 1 is 1.21 bits per heavy atom. The van der Waals surface area contributed by atoms with Crippen LogP contribution in [0, 0.1) is 17.8 Å². The molecule has 24 heavy (non-hydrogen) atoms. The van der Waals surface area contributed by atoms with E-state index in [1.807, 2.05) is 6.07 Å². The molecule has 0 radical (unpaired) electrons. The molecule has 2 rings (SSSR count). The highest BCUT2D eigenvalue weighted by atomic mass is 19.1. The molecule has 0 aromatic carbocycles. The van der Waals surface area contributed by atoms with Crippen LogP contribution in [0.15, 0.2) is 59.2 Å². The Hall–Kier alpha value is -3.26. The Bertz CT molecular complexity index is 831. The molecule has 0 saturated carbocycles. The lowest BCUT2D eigenvalue weighted by Crippen LogP contribution is -1.96. The highest BCUT2D eigenvalue weighted by Gasteiger charge is 2.00. The molecule has 1 N–H and O–H groups in total. The smallest absolute Gasteiger partial charge is 0.230 e. The number of nitrogens with one attached hydrogen (secondary N) is 1. The first-order chi connectivity index (χ1) is 11.7. The summed E-state index contributed by atoms with van der Waals surface area (Å²) in [6, 6.07) is 12.1. The standard InChI is InChI=1S/C19H17FN2O2/c1-21-18-13-12-15(19(20)22-18)7-3-4-8-17-10-5-9-16(23-2)11-6-14-24-17/h4-6,8-14H,1-2H3,(H,21,22)/b8-4+,9-5?,14-6?,16-11?,17-10?. The molecule has 122 valence electrons. The summed E-state index contributed by atoms with van der Waals surface area (Å²) in [5.74, 6) is 6.62. The SMILES string of the molecule is CNc1ccc(C#C/C=C/c2cccc(OC)ccco2)c(F)n1. The van der Waals surface area contributed by atoms with Gasteiger partial charge in [-0.2, -0.15) is 4.39 Å². The van der Waals surface area contributed by atoms with Crippen molar-refractivity contribution in [3.63, 3.8) is 0 Å². The summed E-state index contributed by atoms with van der Waals surface area (Å²) >= 11 is 0. The minimum absolute atomic E-state index is 0.233. The van der Waals surface area contributed by atoms with Crippen molar-refractivity contribution >= 4 is 11.9 Å². The van der Waals surface area contributed by atoms with Gasteiger partial charge in [0.15, 0.2) is 0 Å². The van der Waals surface area contributed by atoms with Gasteiger partial charge in [0.05, 0.1) is 18.9 Å². The van der Waals surface area contributed by atoms with Crippen LogP contribution in [0.2, 0.25) is 0 Å². The van der Waals surface area contributed by atoms with Gasteiger partial charge in [0, 0.05) is 7.05 Å². The molecule has 2 aromatic heterocycles. The van der Waals surface area contributed by atoms with Gasteiger partial charge in [-0.3, -0.25) is 0 Å². The van der Waals surface area contributed by atoms with E-state index in [0.29, 0.717) is 17.3 Å². The summed E-state index contributed by atoms with van der Waals surface area (Å²) in [5.41, 5.74) is 0.233. The van der Waals surface area contributed by atoms with Crippen molar-refractivity contribution < 1.29 is 13.5 Å². The van der Waals surface area contributed by atoms with Crippen LogP contribution in [0.1, 0.15) is 11.3 Å². The second kappa shape index (κ2) is 9.01. The van der Waals surface area contributed by atoms with Gasteiger partial charge in [0.25, 0.3) is 0 Å². The second-order valence-electron chi connectivity index (χ2n) is 4.54. The quantitative estimate of drug-likeness (QED) is 0.683. The van der Waals surface area contributed by atoms with Crippen LogP contribution in [0.3, 0.4) is 0 Å². The van der Waals surface area contributed by atoms with Crippen LogP contribution >= 0.6 is 0 Å². The molecule has 0 aliphatic carbocycles. The van der Waals surface area contributed by atoms with Crippen molar-refractivity contribution in [3.8, 4) is 17.6 Å². The summed E-state index contributed by atoms with van der Waals surface area (Å²) < 4.78 is 24.3. The van der Waals surface area contributed by atoms with Gasteiger partial charge in [0.1, 0.15) is 17.3 Å². The molecule has 0 aliphatic heterocycles. The van der Waals surface area contributed by atoms with Crippen molar-refractivity contribution in [2.45, 2.75) is 0 Å². The zero-order valence-corrected chi connectivity index (χ0v) is 13.4. The zero-order chi connectivity index (χ0) is 17.2. The molecule has 5 heteroatoms. The van der Waals surface area contributed by atoms with Gasteiger partial charge < -0.3 is 14.5 Å². The Kier molecular flexibility index (Phi) is 6.42. The molecule has 0 atom stereocenters. The van der Waals surface area contributed by atoms with Crippen molar-refractivity contribution in [1.82, 2.24) is 4.98 Å². The number of hydrogen-bond donors (Lipinski definition) is 1. The molecule has 0 bridgehead atoms. The number of pyridine rings is 1. The molecule has 0 aliphatic rings. The summed E-state index contributed by atoms with van der Waals surface area (Å²) in [5, 5.41) is 2.77. The Balaban J connectivity index is 2.17. The molecule has 0 unspecified atom stereocenters. The van der Waals surface area contributed by atoms with Crippen LogP contribution in [0.5, 0.6) is 5.75 Å². The zero-order valence-electron chi connectivity index (χ0n) is 13.4. The van der Waals surface area contributed by atoms with Gasteiger partial charge in [-0.25, -0.2) is 4.98 Å². The molecule has 2 aromatic rings. The molecule has 2 heterocycles. The third-order valence-corrected chi connectivity index (χ3v) is 2.94. The third-order valence-electron chi connectivity index (χ3n) is 2.94. The van der Waals surface area contributed by atoms with Crippen LogP contribution in [-0.2, 0) is 0 Å². The maximum absolute atomic E-state index is 13.7. The van der Waals surface area contributed by atoms with Gasteiger partial charge in [0.2, 0.25) is 5.95 Å². The Labute approximate surface area is 140 Å². The van der Waals surface area contributed by atoms with Gasteiger partial charge >= 0.3 is 0 Å². The number of ether oxygens (including phenoxy) is 1. The summed E-state index contributed by atoms with van der Waals surface area (Å²) in [6.45, 7) is 0. The Morgan fingerprint density at radius 2 is 2.04 bits per heavy atom. The van der Waals surface area contributed by atoms with Crippen LogP contribution in [0.25, 0.3) is 6.08 Å². The molecule has 4 nitrogen and oxygen atoms in total. The van der Waals surface area contributed by atoms with Gasteiger partial charge in [-0.15, -0.1) is 0 Å². The van der Waals surface area contributed by atoms with E-state index in [1.165, 1.54) is 6.26 Å². The van der Waals surface area contributed by atoms with E-state index in [9.17, 15) is 4.39 Å². The number of methoxy groups -OCH3 is 1. The van der Waals surface area contributed by atoms with Crippen LogP contribution < -0.4 is 10.1 Å². The number of anilines is 1. The van der Waals surface area contributed by atoms with E-state index in [4.69, 9.17) is 9.15 Å². The normalized spacial score (nSPS) is 9.79. The number of aromatic nitrogens is 1. The number of halogens is 1. The van der Waals surface area contributed by atoms with Gasteiger partial charge in [-0.05, 0) is 48.6 Å². The minimum Gasteiger partial charge on any atom is -0.497 e. The fourth-order valence-electron chi connectivity index (χ4n) is 1.73. The van der Waals surface area contributed by atoms with Crippen molar-refractivity contribution in [1.29, 1.82) is 0 Å². The van der Waals surface area contributed by atoms with Crippen LogP contribution in [0.4, 0.5) is 10.2 Å². The molecular formula is C19H17FN2O2. The lowest BCUT2D eigenvalue weighted by Gasteiger charge is -1.98. The van der Waals surface area contributed by atoms with Crippen LogP contribution in [-0.4, -0.2) is 19.1 Å². The number of hydrogen-bond acceptors (Lipinski definition) is 4. The topological polar surface area (TPSA) is 47.3 Å². The fraction of sp³-hybridized carbons (Fsp3) is 0.105. The number of allylic oxidation sites excluding steroid dienone is 1. The highest BCUT2D eigenvalue weighted by molar-refractivity contribution is 5.49. The first kappa shape index (κ1) is 17.1. The molecule has 0 amide bonds. The lowest BCUT2D eigenvalue weighted by atomic mass is 10.2. The highest BCUT2D eigenvalue weighted by Crippen LogP contribution is 2.08. The van der Waals surface area contributed by atoms with E-state index in [0.717, 1.165) is 0 Å².